The van der Waals surface area contributed by atoms with Crippen molar-refractivity contribution in [3.63, 3.8) is 0 Å². The highest BCUT2D eigenvalue weighted by molar-refractivity contribution is 5.75. The summed E-state index contributed by atoms with van der Waals surface area (Å²) in [6, 6.07) is 7.60. The summed E-state index contributed by atoms with van der Waals surface area (Å²) in [5.74, 6) is 0.757. The average Bonchev–Trinajstić information content (AvgIpc) is 3.30. The van der Waals surface area contributed by atoms with Gasteiger partial charge in [-0.1, -0.05) is 11.2 Å². The Balaban J connectivity index is 1.43. The van der Waals surface area contributed by atoms with Crippen molar-refractivity contribution in [2.75, 3.05) is 6.54 Å². The van der Waals surface area contributed by atoms with Crippen LogP contribution < -0.4 is 5.32 Å². The fourth-order valence-corrected chi connectivity index (χ4v) is 3.19. The van der Waals surface area contributed by atoms with Crippen molar-refractivity contribution in [3.05, 3.63) is 53.8 Å². The molecule has 1 aliphatic heterocycles. The lowest BCUT2D eigenvalue weighted by Crippen LogP contribution is -2.39. The minimum Gasteiger partial charge on any atom is -0.359 e. The van der Waals surface area contributed by atoms with Gasteiger partial charge in [0, 0.05) is 25.0 Å². The Morgan fingerprint density at radius 1 is 1.46 bits per heavy atom. The van der Waals surface area contributed by atoms with E-state index in [1.54, 1.807) is 0 Å². The summed E-state index contributed by atoms with van der Waals surface area (Å²) in [4.78, 5) is 18.9. The number of nitrogens with one attached hydrogen (secondary N) is 1. The van der Waals surface area contributed by atoms with Crippen LogP contribution in [0.25, 0.3) is 5.65 Å². The summed E-state index contributed by atoms with van der Waals surface area (Å²) in [6.45, 7) is 3.01. The van der Waals surface area contributed by atoms with Crippen molar-refractivity contribution >= 4 is 11.7 Å². The van der Waals surface area contributed by atoms with Crippen LogP contribution in [0.4, 0.5) is 4.79 Å². The van der Waals surface area contributed by atoms with Crippen molar-refractivity contribution in [1.82, 2.24) is 24.8 Å². The molecule has 1 atom stereocenters. The van der Waals surface area contributed by atoms with Crippen LogP contribution in [-0.4, -0.2) is 32.0 Å². The van der Waals surface area contributed by atoms with E-state index in [2.05, 4.69) is 15.5 Å². The van der Waals surface area contributed by atoms with E-state index >= 15 is 0 Å². The van der Waals surface area contributed by atoms with E-state index < -0.39 is 0 Å². The van der Waals surface area contributed by atoms with Crippen LogP contribution in [0.15, 0.2) is 41.2 Å². The number of amides is 2. The molecular formula is C17H19N5O2. The topological polar surface area (TPSA) is 75.7 Å². The number of rotatable bonds is 3. The van der Waals surface area contributed by atoms with Crippen LogP contribution in [0.3, 0.4) is 0 Å². The maximum Gasteiger partial charge on any atom is 0.318 e. The molecule has 4 heterocycles. The van der Waals surface area contributed by atoms with Crippen LogP contribution in [-0.2, 0) is 6.54 Å². The lowest BCUT2D eigenvalue weighted by molar-refractivity contribution is 0.182. The lowest BCUT2D eigenvalue weighted by Gasteiger charge is -2.22. The Labute approximate surface area is 139 Å². The molecule has 4 rings (SSSR count). The standard InChI is InChI=1S/C17H19N5O2/c1-12-9-15(24-20-12)14-5-4-8-22(14)17(23)18-10-13-11-21-7-3-2-6-16(21)19-13/h2-3,6-7,9,11,14H,4-5,8,10H2,1H3,(H,18,23)/t14-/m0/s1. The smallest absolute Gasteiger partial charge is 0.318 e. The molecule has 0 bridgehead atoms. The zero-order valence-electron chi connectivity index (χ0n) is 13.5. The predicted octanol–water partition coefficient (Wildman–Crippen LogP) is 2.68. The molecule has 0 radical (unpaired) electrons. The normalized spacial score (nSPS) is 17.5. The monoisotopic (exact) mass is 325 g/mol. The number of fused-ring (bicyclic) bond motifs is 1. The van der Waals surface area contributed by atoms with E-state index in [0.717, 1.165) is 42.2 Å². The van der Waals surface area contributed by atoms with Crippen molar-refractivity contribution < 1.29 is 9.32 Å². The Hall–Kier alpha value is -2.83. The number of likely N-dealkylation sites (tertiary alicyclic amines) is 1. The molecule has 1 N–H and O–H groups in total. The molecule has 2 amide bonds. The predicted molar refractivity (Wildman–Crippen MR) is 87.3 cm³/mol. The summed E-state index contributed by atoms with van der Waals surface area (Å²) < 4.78 is 7.29. The van der Waals surface area contributed by atoms with Crippen molar-refractivity contribution in [2.45, 2.75) is 32.4 Å². The Morgan fingerprint density at radius 2 is 2.38 bits per heavy atom. The highest BCUT2D eigenvalue weighted by Gasteiger charge is 2.32. The number of pyridine rings is 1. The van der Waals surface area contributed by atoms with Gasteiger partial charge >= 0.3 is 6.03 Å². The second-order valence-corrected chi connectivity index (χ2v) is 6.08. The van der Waals surface area contributed by atoms with Gasteiger partial charge in [0.2, 0.25) is 0 Å². The zero-order valence-corrected chi connectivity index (χ0v) is 13.5. The molecule has 24 heavy (non-hydrogen) atoms. The van der Waals surface area contributed by atoms with Gasteiger partial charge in [0.15, 0.2) is 5.76 Å². The van der Waals surface area contributed by atoms with Crippen LogP contribution >= 0.6 is 0 Å². The van der Waals surface area contributed by atoms with E-state index in [1.807, 2.05) is 52.9 Å². The van der Waals surface area contributed by atoms with Crippen molar-refractivity contribution in [3.8, 4) is 0 Å². The van der Waals surface area contributed by atoms with E-state index in [1.165, 1.54) is 0 Å². The third kappa shape index (κ3) is 2.73. The molecule has 7 nitrogen and oxygen atoms in total. The van der Waals surface area contributed by atoms with Gasteiger partial charge in [-0.05, 0) is 31.9 Å². The average molecular weight is 325 g/mol. The minimum absolute atomic E-state index is 0.0349. The number of hydrogen-bond donors (Lipinski definition) is 1. The molecule has 1 saturated heterocycles. The summed E-state index contributed by atoms with van der Waals surface area (Å²) in [7, 11) is 0. The van der Waals surface area contributed by atoms with Gasteiger partial charge < -0.3 is 19.1 Å². The summed E-state index contributed by atoms with van der Waals surface area (Å²) in [6.07, 6.45) is 5.73. The Kier molecular flexibility index (Phi) is 3.68. The number of urea groups is 1. The summed E-state index contributed by atoms with van der Waals surface area (Å²) >= 11 is 0. The van der Waals surface area contributed by atoms with Crippen molar-refractivity contribution in [1.29, 1.82) is 0 Å². The van der Waals surface area contributed by atoms with Gasteiger partial charge in [0.25, 0.3) is 0 Å². The van der Waals surface area contributed by atoms with Crippen LogP contribution in [0.5, 0.6) is 0 Å². The molecule has 0 spiro atoms. The third-order valence-corrected chi connectivity index (χ3v) is 4.32. The van der Waals surface area contributed by atoms with E-state index in [9.17, 15) is 4.79 Å². The first-order valence-corrected chi connectivity index (χ1v) is 8.11. The molecule has 3 aromatic heterocycles. The molecule has 0 aliphatic carbocycles. The molecule has 124 valence electrons. The van der Waals surface area contributed by atoms with Crippen LogP contribution in [0, 0.1) is 6.92 Å². The first-order chi connectivity index (χ1) is 11.7. The molecule has 1 aliphatic rings. The van der Waals surface area contributed by atoms with Gasteiger partial charge in [-0.2, -0.15) is 0 Å². The highest BCUT2D eigenvalue weighted by atomic mass is 16.5. The number of aryl methyl sites for hydroxylation is 1. The molecule has 7 heteroatoms. The molecule has 3 aromatic rings. The van der Waals surface area contributed by atoms with Gasteiger partial charge in [-0.25, -0.2) is 9.78 Å². The summed E-state index contributed by atoms with van der Waals surface area (Å²) in [5.41, 5.74) is 2.54. The minimum atomic E-state index is -0.0939. The number of hydrogen-bond acceptors (Lipinski definition) is 4. The third-order valence-electron chi connectivity index (χ3n) is 4.32. The van der Waals surface area contributed by atoms with Crippen molar-refractivity contribution in [2.24, 2.45) is 0 Å². The fraction of sp³-hybridized carbons (Fsp3) is 0.353. The first kappa shape index (κ1) is 14.7. The van der Waals surface area contributed by atoms with E-state index in [4.69, 9.17) is 4.52 Å². The molecule has 0 saturated carbocycles. The van der Waals surface area contributed by atoms with E-state index in [-0.39, 0.29) is 12.1 Å². The molecule has 0 aromatic carbocycles. The number of aromatic nitrogens is 3. The van der Waals surface area contributed by atoms with Crippen LogP contribution in [0.1, 0.15) is 36.0 Å². The Bertz CT molecular complexity index is 836. The molecular weight excluding hydrogens is 306 g/mol. The lowest BCUT2D eigenvalue weighted by atomic mass is 10.1. The van der Waals surface area contributed by atoms with E-state index in [0.29, 0.717) is 6.54 Å². The highest BCUT2D eigenvalue weighted by Crippen LogP contribution is 2.32. The first-order valence-electron chi connectivity index (χ1n) is 8.11. The number of carbonyl (C=O) groups is 1. The number of carbonyl (C=O) groups excluding carboxylic acids is 1. The molecule has 1 fully saturated rings. The van der Waals surface area contributed by atoms with Gasteiger partial charge in [0.05, 0.1) is 24.0 Å². The van der Waals surface area contributed by atoms with Crippen LogP contribution in [0.2, 0.25) is 0 Å². The Morgan fingerprint density at radius 3 is 3.17 bits per heavy atom. The summed E-state index contributed by atoms with van der Waals surface area (Å²) in [5, 5.41) is 6.88. The van der Waals surface area contributed by atoms with Gasteiger partial charge in [-0.15, -0.1) is 0 Å². The second-order valence-electron chi connectivity index (χ2n) is 6.08. The maximum absolute atomic E-state index is 12.5. The van der Waals surface area contributed by atoms with Gasteiger partial charge in [0.1, 0.15) is 5.65 Å². The SMILES string of the molecule is Cc1cc([C@@H]2CCCN2C(=O)NCc2cn3ccccc3n2)on1. The number of imidazole rings is 1. The molecule has 0 unspecified atom stereocenters. The zero-order chi connectivity index (χ0) is 16.5. The largest absolute Gasteiger partial charge is 0.359 e. The maximum atomic E-state index is 12.5. The fourth-order valence-electron chi connectivity index (χ4n) is 3.19. The second kappa shape index (κ2) is 5.99. The van der Waals surface area contributed by atoms with Gasteiger partial charge in [-0.3, -0.25) is 0 Å². The quantitative estimate of drug-likeness (QED) is 0.803. The number of nitrogens with zero attached hydrogens (tertiary/aromatic N) is 4.